The van der Waals surface area contributed by atoms with Crippen molar-refractivity contribution in [2.45, 2.75) is 69.7 Å². The molecular weight excluding hydrogens is 605 g/mol. The zero-order chi connectivity index (χ0) is 31.5. The van der Waals surface area contributed by atoms with Gasteiger partial charge < -0.3 is 14.4 Å². The van der Waals surface area contributed by atoms with Gasteiger partial charge in [-0.05, 0) is 70.6 Å². The Kier molecular flexibility index (Phi) is 10.0. The molecule has 0 radical (unpaired) electrons. The molecule has 4 aromatic carbocycles. The average Bonchev–Trinajstić information content (AvgIpc) is 3.01. The Morgan fingerprint density at radius 3 is 1.98 bits per heavy atom. The molecule has 1 saturated heterocycles. The minimum Gasteiger partial charge on any atom is -0.407 e. The van der Waals surface area contributed by atoms with Crippen molar-refractivity contribution in [2.75, 3.05) is 6.61 Å². The first kappa shape index (κ1) is 32.5. The molecule has 5 rings (SSSR count). The fraction of sp³-hybridized carbons (Fsp3) is 0.324. The third-order valence-electron chi connectivity index (χ3n) is 8.93. The molecule has 4 nitrogen and oxygen atoms in total. The van der Waals surface area contributed by atoms with Crippen LogP contribution in [-0.2, 0) is 9.22 Å². The van der Waals surface area contributed by atoms with Gasteiger partial charge in [-0.2, -0.15) is 0 Å². The molecule has 0 saturated carbocycles. The Bertz CT molecular complexity index is 1500. The molecule has 1 heterocycles. The monoisotopic (exact) mass is 645 g/mol. The third-order valence-corrected chi connectivity index (χ3v) is 14.5. The van der Waals surface area contributed by atoms with Crippen LogP contribution in [0.2, 0.25) is 15.1 Å². The van der Waals surface area contributed by atoms with E-state index in [1.54, 1.807) is 0 Å². The van der Waals surface area contributed by atoms with Gasteiger partial charge in [0.1, 0.15) is 6.10 Å². The number of aliphatic hydroxyl groups is 1. The highest BCUT2D eigenvalue weighted by atomic mass is 35.5. The maximum Gasteiger partial charge on any atom is 0.261 e. The van der Waals surface area contributed by atoms with E-state index in [4.69, 9.17) is 27.6 Å². The van der Waals surface area contributed by atoms with Gasteiger partial charge in [-0.3, -0.25) is 4.79 Å². The molecule has 1 aliphatic heterocycles. The number of halogens is 2. The highest BCUT2D eigenvalue weighted by molar-refractivity contribution is 6.99. The molecule has 7 heteroatoms. The Hall–Kier alpha value is -2.93. The molecule has 1 aliphatic rings. The molecule has 44 heavy (non-hydrogen) atoms. The minimum absolute atomic E-state index is 0.150. The van der Waals surface area contributed by atoms with E-state index in [0.717, 1.165) is 11.1 Å². The summed E-state index contributed by atoms with van der Waals surface area (Å²) in [4.78, 5) is 15.7. The van der Waals surface area contributed by atoms with E-state index in [1.165, 1.54) is 10.4 Å². The number of benzene rings is 4. The normalized spacial score (nSPS) is 20.0. The van der Waals surface area contributed by atoms with Crippen molar-refractivity contribution in [2.24, 2.45) is 0 Å². The van der Waals surface area contributed by atoms with Crippen LogP contribution < -0.4 is 10.4 Å². The SMILES string of the molecule is C[C@@H](CCO[Si](c1ccccc1)(c1ccccc1)C(C)(C)C)N1C(=O)C(O)C[C@H](c2cccc(Cl)c2)[C@H]1c1ccc(Cl)cc1. The number of carbonyl (C=O) groups excluding carboxylic acids is 1. The standard InChI is InChI=1S/C37H41Cl2NO3Si/c1-26(22-23-43-44(37(2,3)4,31-14-7-5-8-15-31)32-16-9-6-10-17-32)40-35(27-18-20-29(38)21-19-27)33(25-34(41)36(40)42)28-12-11-13-30(39)24-28/h5-21,24,26,33-35,41H,22-23,25H2,1-4H3/t26-,33+,34?,35+/m0/s1. The first-order valence-electron chi connectivity index (χ1n) is 15.3. The molecule has 230 valence electrons. The Morgan fingerprint density at radius 2 is 1.43 bits per heavy atom. The van der Waals surface area contributed by atoms with Gasteiger partial charge in [0.05, 0.1) is 6.04 Å². The van der Waals surface area contributed by atoms with Crippen molar-refractivity contribution in [3.05, 3.63) is 130 Å². The van der Waals surface area contributed by atoms with Crippen LogP contribution in [0.5, 0.6) is 0 Å². The topological polar surface area (TPSA) is 49.8 Å². The predicted molar refractivity (Wildman–Crippen MR) is 184 cm³/mol. The summed E-state index contributed by atoms with van der Waals surface area (Å²) in [6, 6.07) is 36.0. The zero-order valence-electron chi connectivity index (χ0n) is 25.8. The molecule has 4 aromatic rings. The van der Waals surface area contributed by atoms with Crippen molar-refractivity contribution in [3.8, 4) is 0 Å². The molecule has 4 atom stereocenters. The second-order valence-corrected chi connectivity index (χ2v) is 18.0. The van der Waals surface area contributed by atoms with Gasteiger partial charge in [0.2, 0.25) is 0 Å². The molecule has 0 aromatic heterocycles. The van der Waals surface area contributed by atoms with E-state index >= 15 is 0 Å². The molecule has 1 amide bonds. The van der Waals surface area contributed by atoms with E-state index in [2.05, 4.69) is 76.2 Å². The summed E-state index contributed by atoms with van der Waals surface area (Å²) < 4.78 is 7.18. The fourth-order valence-corrected chi connectivity index (χ4v) is 11.8. The number of piperidine rings is 1. The van der Waals surface area contributed by atoms with E-state index < -0.39 is 14.4 Å². The second kappa shape index (κ2) is 13.6. The molecule has 1 N–H and O–H groups in total. The fourth-order valence-electron chi connectivity index (χ4n) is 6.86. The minimum atomic E-state index is -2.74. The van der Waals surface area contributed by atoms with E-state index in [-0.39, 0.29) is 28.9 Å². The summed E-state index contributed by atoms with van der Waals surface area (Å²) >= 11 is 12.7. The van der Waals surface area contributed by atoms with Crippen molar-refractivity contribution in [3.63, 3.8) is 0 Å². The summed E-state index contributed by atoms with van der Waals surface area (Å²) in [5.74, 6) is -0.413. The van der Waals surface area contributed by atoms with Crippen LogP contribution in [0.15, 0.2) is 109 Å². The first-order chi connectivity index (χ1) is 21.0. The summed E-state index contributed by atoms with van der Waals surface area (Å²) in [6.07, 6.45) is -0.189. The molecular formula is C37H41Cl2NO3Si. The number of amides is 1. The quantitative estimate of drug-likeness (QED) is 0.189. The Morgan fingerprint density at radius 1 is 0.841 bits per heavy atom. The molecule has 1 fully saturated rings. The van der Waals surface area contributed by atoms with Gasteiger partial charge in [0.25, 0.3) is 14.2 Å². The maximum absolute atomic E-state index is 13.8. The van der Waals surface area contributed by atoms with Crippen molar-refractivity contribution < 1.29 is 14.3 Å². The van der Waals surface area contributed by atoms with Crippen molar-refractivity contribution >= 4 is 47.8 Å². The smallest absolute Gasteiger partial charge is 0.261 e. The van der Waals surface area contributed by atoms with E-state index in [0.29, 0.717) is 29.5 Å². The number of carbonyl (C=O) groups is 1. The molecule has 0 bridgehead atoms. The average molecular weight is 647 g/mol. The number of hydrogen-bond donors (Lipinski definition) is 1. The predicted octanol–water partition coefficient (Wildman–Crippen LogP) is 7.77. The second-order valence-electron chi connectivity index (χ2n) is 12.8. The van der Waals surface area contributed by atoms with Crippen LogP contribution in [0.4, 0.5) is 0 Å². The summed E-state index contributed by atoms with van der Waals surface area (Å²) in [5.41, 5.74) is 1.96. The van der Waals surface area contributed by atoms with Crippen LogP contribution in [0.25, 0.3) is 0 Å². The maximum atomic E-state index is 13.8. The lowest BCUT2D eigenvalue weighted by atomic mass is 9.78. The number of likely N-dealkylation sites (tertiary alicyclic amines) is 1. The molecule has 0 spiro atoms. The highest BCUT2D eigenvalue weighted by Gasteiger charge is 2.50. The summed E-state index contributed by atoms with van der Waals surface area (Å²) in [6.45, 7) is 9.31. The summed E-state index contributed by atoms with van der Waals surface area (Å²) in [7, 11) is -2.74. The van der Waals surface area contributed by atoms with Gasteiger partial charge >= 0.3 is 0 Å². The van der Waals surface area contributed by atoms with Crippen LogP contribution >= 0.6 is 23.2 Å². The van der Waals surface area contributed by atoms with Gasteiger partial charge in [0.15, 0.2) is 0 Å². The van der Waals surface area contributed by atoms with Gasteiger partial charge in [0, 0.05) is 28.6 Å². The van der Waals surface area contributed by atoms with Crippen LogP contribution in [0.3, 0.4) is 0 Å². The first-order valence-corrected chi connectivity index (χ1v) is 18.0. The Balaban J connectivity index is 1.49. The van der Waals surface area contributed by atoms with Crippen molar-refractivity contribution in [1.29, 1.82) is 0 Å². The largest absolute Gasteiger partial charge is 0.407 e. The lowest BCUT2D eigenvalue weighted by Crippen LogP contribution is -2.66. The van der Waals surface area contributed by atoms with Crippen molar-refractivity contribution in [1.82, 2.24) is 4.90 Å². The lowest BCUT2D eigenvalue weighted by molar-refractivity contribution is -0.152. The molecule has 0 aliphatic carbocycles. The number of aliphatic hydroxyl groups excluding tert-OH is 1. The van der Waals surface area contributed by atoms with Gasteiger partial charge in [-0.15, -0.1) is 0 Å². The van der Waals surface area contributed by atoms with Crippen LogP contribution in [0, 0.1) is 0 Å². The van der Waals surface area contributed by atoms with Crippen LogP contribution in [0.1, 0.15) is 63.6 Å². The molecule has 1 unspecified atom stereocenters. The highest BCUT2D eigenvalue weighted by Crippen LogP contribution is 2.45. The Labute approximate surface area is 272 Å². The van der Waals surface area contributed by atoms with Gasteiger partial charge in [-0.25, -0.2) is 0 Å². The van der Waals surface area contributed by atoms with E-state index in [9.17, 15) is 9.90 Å². The van der Waals surface area contributed by atoms with Gasteiger partial charge in [-0.1, -0.05) is 129 Å². The van der Waals surface area contributed by atoms with Crippen LogP contribution in [-0.4, -0.2) is 43.0 Å². The number of hydrogen-bond acceptors (Lipinski definition) is 3. The summed E-state index contributed by atoms with van der Waals surface area (Å²) in [5, 5.41) is 14.6. The van der Waals surface area contributed by atoms with E-state index in [1.807, 2.05) is 65.6 Å². The lowest BCUT2D eigenvalue weighted by Gasteiger charge is -2.47. The number of nitrogens with zero attached hydrogens (tertiary/aromatic N) is 1. The number of rotatable bonds is 9. The zero-order valence-corrected chi connectivity index (χ0v) is 28.3. The third kappa shape index (κ3) is 6.54.